The molecule has 2 N–H and O–H groups in total. The van der Waals surface area contributed by atoms with Gasteiger partial charge in [0.2, 0.25) is 0 Å². The Bertz CT molecular complexity index is 400. The molecule has 1 aromatic carbocycles. The van der Waals surface area contributed by atoms with Gasteiger partial charge >= 0.3 is 0 Å². The summed E-state index contributed by atoms with van der Waals surface area (Å²) in [6.07, 6.45) is -0.762. The van der Waals surface area contributed by atoms with Crippen molar-refractivity contribution in [3.05, 3.63) is 28.3 Å². The predicted molar refractivity (Wildman–Crippen MR) is 64.9 cm³/mol. The number of hydrogen-bond acceptors (Lipinski definition) is 5. The van der Waals surface area contributed by atoms with Gasteiger partial charge in [0.1, 0.15) is 11.4 Å². The minimum absolute atomic E-state index is 0.0603. The van der Waals surface area contributed by atoms with Crippen LogP contribution >= 0.6 is 11.6 Å². The zero-order valence-corrected chi connectivity index (χ0v) is 9.98. The highest BCUT2D eigenvalue weighted by molar-refractivity contribution is 6.18. The lowest BCUT2D eigenvalue weighted by Crippen LogP contribution is -2.21. The number of nitro groups is 1. The van der Waals surface area contributed by atoms with Gasteiger partial charge in [-0.15, -0.1) is 11.6 Å². The van der Waals surface area contributed by atoms with Gasteiger partial charge in [-0.1, -0.05) is 0 Å². The number of nitro benzene ring substituents is 1. The zero-order chi connectivity index (χ0) is 12.8. The van der Waals surface area contributed by atoms with Crippen LogP contribution < -0.4 is 10.1 Å². The molecule has 1 atom stereocenters. The van der Waals surface area contributed by atoms with E-state index in [9.17, 15) is 15.2 Å². The van der Waals surface area contributed by atoms with Crippen LogP contribution in [0.25, 0.3) is 0 Å². The van der Waals surface area contributed by atoms with Crippen LogP contribution in [0.15, 0.2) is 18.2 Å². The van der Waals surface area contributed by atoms with Gasteiger partial charge < -0.3 is 15.2 Å². The number of halogens is 1. The van der Waals surface area contributed by atoms with Gasteiger partial charge in [0.15, 0.2) is 0 Å². The first-order valence-corrected chi connectivity index (χ1v) is 5.42. The van der Waals surface area contributed by atoms with Crippen molar-refractivity contribution in [2.24, 2.45) is 0 Å². The number of ether oxygens (including phenoxy) is 1. The number of benzene rings is 1. The van der Waals surface area contributed by atoms with Crippen LogP contribution in [0.2, 0.25) is 0 Å². The van der Waals surface area contributed by atoms with Crippen LogP contribution in [0.5, 0.6) is 5.75 Å². The van der Waals surface area contributed by atoms with E-state index in [1.165, 1.54) is 25.3 Å². The zero-order valence-electron chi connectivity index (χ0n) is 9.22. The van der Waals surface area contributed by atoms with E-state index >= 15 is 0 Å². The van der Waals surface area contributed by atoms with Crippen molar-refractivity contribution in [1.29, 1.82) is 0 Å². The Morgan fingerprint density at radius 3 is 2.88 bits per heavy atom. The standard InChI is InChI=1S/C10H13ClN2O4/c1-17-8-2-3-10(13(15)16)9(4-8)12-6-7(14)5-11/h2-4,7,12,14H,5-6H2,1H3. The molecule has 0 amide bonds. The summed E-state index contributed by atoms with van der Waals surface area (Å²) >= 11 is 5.43. The molecule has 0 saturated carbocycles. The summed E-state index contributed by atoms with van der Waals surface area (Å²) in [4.78, 5) is 10.3. The molecule has 0 fully saturated rings. The molecule has 1 rings (SSSR count). The van der Waals surface area contributed by atoms with Gasteiger partial charge in [-0.25, -0.2) is 0 Å². The van der Waals surface area contributed by atoms with Crippen molar-refractivity contribution in [2.75, 3.05) is 24.9 Å². The molecule has 1 unspecified atom stereocenters. The second-order valence-corrected chi connectivity index (χ2v) is 3.64. The fourth-order valence-electron chi connectivity index (χ4n) is 1.23. The third-order valence-electron chi connectivity index (χ3n) is 2.11. The second kappa shape index (κ2) is 6.27. The Morgan fingerprint density at radius 2 is 2.35 bits per heavy atom. The predicted octanol–water partition coefficient (Wildman–Crippen LogP) is 1.61. The van der Waals surface area contributed by atoms with Gasteiger partial charge in [-0.2, -0.15) is 0 Å². The van der Waals surface area contributed by atoms with Crippen LogP contribution in [-0.4, -0.2) is 35.7 Å². The average Bonchev–Trinajstić information content (AvgIpc) is 2.35. The maximum Gasteiger partial charge on any atom is 0.292 e. The van der Waals surface area contributed by atoms with E-state index in [0.717, 1.165) is 0 Å². The minimum atomic E-state index is -0.762. The molecular formula is C10H13ClN2O4. The minimum Gasteiger partial charge on any atom is -0.497 e. The van der Waals surface area contributed by atoms with Crippen molar-refractivity contribution in [1.82, 2.24) is 0 Å². The van der Waals surface area contributed by atoms with Crippen LogP contribution in [-0.2, 0) is 0 Å². The van der Waals surface area contributed by atoms with Crippen molar-refractivity contribution in [2.45, 2.75) is 6.10 Å². The monoisotopic (exact) mass is 260 g/mol. The third kappa shape index (κ3) is 3.76. The first-order chi connectivity index (χ1) is 8.08. The molecule has 0 aliphatic heterocycles. The Morgan fingerprint density at radius 1 is 1.65 bits per heavy atom. The molecule has 6 nitrogen and oxygen atoms in total. The van der Waals surface area contributed by atoms with E-state index in [4.69, 9.17) is 16.3 Å². The van der Waals surface area contributed by atoms with Gasteiger partial charge in [-0.05, 0) is 6.07 Å². The number of anilines is 1. The first kappa shape index (κ1) is 13.5. The molecule has 17 heavy (non-hydrogen) atoms. The Kier molecular flexibility index (Phi) is 4.99. The topological polar surface area (TPSA) is 84.6 Å². The number of aliphatic hydroxyl groups excluding tert-OH is 1. The lowest BCUT2D eigenvalue weighted by Gasteiger charge is -2.11. The average molecular weight is 261 g/mol. The van der Waals surface area contributed by atoms with Crippen molar-refractivity contribution in [3.63, 3.8) is 0 Å². The van der Waals surface area contributed by atoms with E-state index < -0.39 is 11.0 Å². The molecule has 0 aromatic heterocycles. The Hall–Kier alpha value is -1.53. The van der Waals surface area contributed by atoms with E-state index in [2.05, 4.69) is 5.32 Å². The van der Waals surface area contributed by atoms with Crippen molar-refractivity contribution in [3.8, 4) is 5.75 Å². The van der Waals surface area contributed by atoms with Gasteiger partial charge in [0, 0.05) is 18.7 Å². The lowest BCUT2D eigenvalue weighted by molar-refractivity contribution is -0.384. The number of nitrogens with one attached hydrogen (secondary N) is 1. The fraction of sp³-hybridized carbons (Fsp3) is 0.400. The fourth-order valence-corrected chi connectivity index (χ4v) is 1.33. The van der Waals surface area contributed by atoms with E-state index in [-0.39, 0.29) is 18.1 Å². The largest absolute Gasteiger partial charge is 0.497 e. The highest BCUT2D eigenvalue weighted by Crippen LogP contribution is 2.28. The molecule has 0 heterocycles. The number of methoxy groups -OCH3 is 1. The smallest absolute Gasteiger partial charge is 0.292 e. The number of aliphatic hydroxyl groups is 1. The molecule has 0 aliphatic rings. The van der Waals surface area contributed by atoms with E-state index in [1.807, 2.05) is 0 Å². The Balaban J connectivity index is 2.89. The maximum atomic E-state index is 10.8. The molecule has 7 heteroatoms. The first-order valence-electron chi connectivity index (χ1n) is 4.88. The summed E-state index contributed by atoms with van der Waals surface area (Å²) in [7, 11) is 1.47. The second-order valence-electron chi connectivity index (χ2n) is 3.33. The summed E-state index contributed by atoms with van der Waals surface area (Å²) < 4.78 is 4.97. The lowest BCUT2D eigenvalue weighted by atomic mass is 10.2. The summed E-state index contributed by atoms with van der Waals surface area (Å²) in [6, 6.07) is 4.34. The molecule has 94 valence electrons. The van der Waals surface area contributed by atoms with Crippen LogP contribution in [0.4, 0.5) is 11.4 Å². The van der Waals surface area contributed by atoms with Crippen LogP contribution in [0.1, 0.15) is 0 Å². The molecule has 0 bridgehead atoms. The summed E-state index contributed by atoms with van der Waals surface area (Å²) in [5, 5.41) is 22.8. The van der Waals surface area contributed by atoms with Gasteiger partial charge in [-0.3, -0.25) is 10.1 Å². The SMILES string of the molecule is COc1ccc([N+](=O)[O-])c(NCC(O)CCl)c1. The normalized spacial score (nSPS) is 11.9. The summed E-state index contributed by atoms with van der Waals surface area (Å²) in [5.74, 6) is 0.559. The van der Waals surface area contributed by atoms with Crippen LogP contribution in [0.3, 0.4) is 0 Å². The molecular weight excluding hydrogens is 248 g/mol. The molecule has 0 aliphatic carbocycles. The van der Waals surface area contributed by atoms with Crippen molar-refractivity contribution < 1.29 is 14.8 Å². The van der Waals surface area contributed by atoms with Gasteiger partial charge in [0.25, 0.3) is 5.69 Å². The molecule has 0 spiro atoms. The number of nitrogens with zero attached hydrogens (tertiary/aromatic N) is 1. The molecule has 0 radical (unpaired) electrons. The summed E-state index contributed by atoms with van der Waals surface area (Å²) in [5.41, 5.74) is 0.214. The van der Waals surface area contributed by atoms with Gasteiger partial charge in [0.05, 0.1) is 24.0 Å². The van der Waals surface area contributed by atoms with Crippen LogP contribution in [0, 0.1) is 10.1 Å². The van der Waals surface area contributed by atoms with Crippen molar-refractivity contribution >= 4 is 23.0 Å². The number of hydrogen-bond donors (Lipinski definition) is 2. The number of rotatable bonds is 6. The number of alkyl halides is 1. The van der Waals surface area contributed by atoms with E-state index in [1.54, 1.807) is 0 Å². The summed E-state index contributed by atoms with van der Waals surface area (Å²) in [6.45, 7) is 0.136. The highest BCUT2D eigenvalue weighted by Gasteiger charge is 2.15. The Labute approximate surface area is 103 Å². The quantitative estimate of drug-likeness (QED) is 0.461. The third-order valence-corrected chi connectivity index (χ3v) is 2.46. The molecule has 1 aromatic rings. The maximum absolute atomic E-state index is 10.8. The van der Waals surface area contributed by atoms with E-state index in [0.29, 0.717) is 11.4 Å². The molecule has 0 saturated heterocycles. The highest BCUT2D eigenvalue weighted by atomic mass is 35.5.